The van der Waals surface area contributed by atoms with Gasteiger partial charge in [-0.1, -0.05) is 0 Å². The monoisotopic (exact) mass is 286 g/mol. The van der Waals surface area contributed by atoms with E-state index in [0.717, 1.165) is 12.8 Å². The maximum atomic E-state index is 12.4. The van der Waals surface area contributed by atoms with Crippen LogP contribution in [0.5, 0.6) is 0 Å². The third-order valence-corrected chi connectivity index (χ3v) is 3.79. The Labute approximate surface area is 118 Å². The molecule has 1 unspecified atom stereocenters. The van der Waals surface area contributed by atoms with E-state index in [1.165, 1.54) is 16.9 Å². The minimum absolute atomic E-state index is 0.0936. The second kappa shape index (κ2) is 6.58. The number of methoxy groups -OCH3 is 1. The summed E-state index contributed by atoms with van der Waals surface area (Å²) in [6, 6.07) is -0.362. The number of carboxylic acid groups (broad SMARTS) is 1. The Balaban J connectivity index is 2.72. The molecule has 0 aromatic carbocycles. The van der Waals surface area contributed by atoms with Gasteiger partial charge in [-0.25, -0.2) is 9.59 Å². The van der Waals surface area contributed by atoms with Crippen LogP contribution < -0.4 is 0 Å². The van der Waals surface area contributed by atoms with Gasteiger partial charge in [-0.2, -0.15) is 0 Å². The Morgan fingerprint density at radius 3 is 2.55 bits per heavy atom. The molecular formula is C13H22N2O5. The van der Waals surface area contributed by atoms with Crippen LogP contribution in [-0.4, -0.2) is 65.7 Å². The van der Waals surface area contributed by atoms with E-state index < -0.39 is 17.5 Å². The van der Waals surface area contributed by atoms with Crippen LogP contribution in [0.15, 0.2) is 0 Å². The number of ether oxygens (including phenoxy) is 1. The van der Waals surface area contributed by atoms with Crippen LogP contribution in [0.2, 0.25) is 0 Å². The molecule has 1 fully saturated rings. The van der Waals surface area contributed by atoms with Gasteiger partial charge in [0.2, 0.25) is 0 Å². The number of rotatable bonds is 4. The number of hydrogen-bond donors (Lipinski definition) is 1. The zero-order valence-electron chi connectivity index (χ0n) is 12.2. The second-order valence-corrected chi connectivity index (χ2v) is 5.22. The molecule has 1 rings (SSSR count). The molecule has 0 bridgehead atoms. The molecular weight excluding hydrogens is 264 g/mol. The molecule has 1 aliphatic rings. The molecule has 7 heteroatoms. The molecule has 0 aliphatic carbocycles. The van der Waals surface area contributed by atoms with E-state index in [9.17, 15) is 19.5 Å². The van der Waals surface area contributed by atoms with Gasteiger partial charge in [0.1, 0.15) is 5.54 Å². The number of amides is 2. The second-order valence-electron chi connectivity index (χ2n) is 5.22. The average molecular weight is 286 g/mol. The highest BCUT2D eigenvalue weighted by Gasteiger charge is 2.44. The summed E-state index contributed by atoms with van der Waals surface area (Å²) in [4.78, 5) is 37.6. The maximum absolute atomic E-state index is 12.4. The number of carbonyl (C=O) groups is 3. The molecule has 0 radical (unpaired) electrons. The number of esters is 1. The fourth-order valence-corrected chi connectivity index (χ4v) is 2.31. The average Bonchev–Trinajstić information content (AvgIpc) is 2.43. The summed E-state index contributed by atoms with van der Waals surface area (Å²) >= 11 is 0. The van der Waals surface area contributed by atoms with Crippen molar-refractivity contribution in [1.29, 1.82) is 0 Å². The summed E-state index contributed by atoms with van der Waals surface area (Å²) in [5.74, 6) is -1.39. The summed E-state index contributed by atoms with van der Waals surface area (Å²) in [6.45, 7) is 2.20. The lowest BCUT2D eigenvalue weighted by atomic mass is 9.89. The van der Waals surface area contributed by atoms with Gasteiger partial charge in [0, 0.05) is 20.1 Å². The van der Waals surface area contributed by atoms with Gasteiger partial charge in [0.15, 0.2) is 0 Å². The van der Waals surface area contributed by atoms with Crippen molar-refractivity contribution < 1.29 is 24.2 Å². The van der Waals surface area contributed by atoms with Crippen LogP contribution in [0.1, 0.15) is 32.6 Å². The lowest BCUT2D eigenvalue weighted by molar-refractivity contribution is -0.151. The molecule has 0 saturated carbocycles. The highest BCUT2D eigenvalue weighted by molar-refractivity contribution is 5.86. The van der Waals surface area contributed by atoms with E-state index >= 15 is 0 Å². The van der Waals surface area contributed by atoms with Gasteiger partial charge < -0.3 is 19.6 Å². The smallest absolute Gasteiger partial charge is 0.329 e. The molecule has 1 heterocycles. The fourth-order valence-electron chi connectivity index (χ4n) is 2.31. The number of aliphatic carboxylic acids is 1. The lowest BCUT2D eigenvalue weighted by Gasteiger charge is -2.43. The van der Waals surface area contributed by atoms with E-state index in [2.05, 4.69) is 4.74 Å². The van der Waals surface area contributed by atoms with Crippen molar-refractivity contribution in [3.05, 3.63) is 0 Å². The molecule has 20 heavy (non-hydrogen) atoms. The molecule has 0 spiro atoms. The van der Waals surface area contributed by atoms with Crippen LogP contribution in [0.4, 0.5) is 4.79 Å². The number of carboxylic acids is 1. The normalized spacial score (nSPS) is 22.2. The van der Waals surface area contributed by atoms with E-state index in [1.807, 2.05) is 0 Å². The van der Waals surface area contributed by atoms with Crippen molar-refractivity contribution >= 4 is 18.0 Å². The predicted molar refractivity (Wildman–Crippen MR) is 71.3 cm³/mol. The first-order valence-electron chi connectivity index (χ1n) is 6.66. The number of piperidine rings is 1. The highest BCUT2D eigenvalue weighted by atomic mass is 16.5. The standard InChI is InChI=1S/C13H22N2O5/c1-13(11(17)18)7-4-5-8-15(13)12(19)14(2)9-6-10(16)20-3/h4-9H2,1-3H3,(H,17,18). The SMILES string of the molecule is COC(=O)CCN(C)C(=O)N1CCCCC1(C)C(=O)O. The maximum Gasteiger partial charge on any atom is 0.329 e. The summed E-state index contributed by atoms with van der Waals surface area (Å²) in [5.41, 5.74) is -1.17. The van der Waals surface area contributed by atoms with Crippen LogP contribution in [-0.2, 0) is 14.3 Å². The molecule has 1 N–H and O–H groups in total. The Morgan fingerprint density at radius 1 is 1.35 bits per heavy atom. The number of urea groups is 1. The van der Waals surface area contributed by atoms with Crippen LogP contribution in [0.25, 0.3) is 0 Å². The first-order valence-corrected chi connectivity index (χ1v) is 6.66. The van der Waals surface area contributed by atoms with Crippen LogP contribution in [0.3, 0.4) is 0 Å². The van der Waals surface area contributed by atoms with Crippen LogP contribution >= 0.6 is 0 Å². The van der Waals surface area contributed by atoms with Gasteiger partial charge >= 0.3 is 18.0 Å². The summed E-state index contributed by atoms with van der Waals surface area (Å²) in [7, 11) is 2.85. The quantitative estimate of drug-likeness (QED) is 0.777. The first kappa shape index (κ1) is 16.3. The number of nitrogens with zero attached hydrogens (tertiary/aromatic N) is 2. The van der Waals surface area contributed by atoms with Gasteiger partial charge in [-0.15, -0.1) is 0 Å². The van der Waals surface area contributed by atoms with Gasteiger partial charge in [0.05, 0.1) is 13.5 Å². The molecule has 1 atom stereocenters. The first-order chi connectivity index (χ1) is 9.32. The Morgan fingerprint density at radius 2 is 2.00 bits per heavy atom. The molecule has 0 aromatic rings. The van der Waals surface area contributed by atoms with Gasteiger partial charge in [-0.05, 0) is 26.2 Å². The minimum atomic E-state index is -1.17. The predicted octanol–water partition coefficient (Wildman–Crippen LogP) is 0.930. The van der Waals surface area contributed by atoms with Gasteiger partial charge in [0.25, 0.3) is 0 Å². The number of carbonyl (C=O) groups excluding carboxylic acids is 2. The van der Waals surface area contributed by atoms with Crippen molar-refractivity contribution in [2.45, 2.75) is 38.1 Å². The number of likely N-dealkylation sites (tertiary alicyclic amines) is 1. The summed E-state index contributed by atoms with van der Waals surface area (Å²) in [5, 5.41) is 9.37. The summed E-state index contributed by atoms with van der Waals surface area (Å²) < 4.78 is 4.52. The van der Waals surface area contributed by atoms with E-state index in [4.69, 9.17) is 0 Å². The minimum Gasteiger partial charge on any atom is -0.480 e. The van der Waals surface area contributed by atoms with Gasteiger partial charge in [-0.3, -0.25) is 4.79 Å². The van der Waals surface area contributed by atoms with Crippen molar-refractivity contribution in [2.75, 3.05) is 27.2 Å². The largest absolute Gasteiger partial charge is 0.480 e. The molecule has 0 aromatic heterocycles. The van der Waals surface area contributed by atoms with E-state index in [0.29, 0.717) is 13.0 Å². The molecule has 2 amide bonds. The summed E-state index contributed by atoms with van der Waals surface area (Å²) in [6.07, 6.45) is 2.12. The fraction of sp³-hybridized carbons (Fsp3) is 0.769. The zero-order valence-corrected chi connectivity index (χ0v) is 12.2. The third-order valence-electron chi connectivity index (χ3n) is 3.79. The molecule has 7 nitrogen and oxygen atoms in total. The van der Waals surface area contributed by atoms with Crippen molar-refractivity contribution in [2.24, 2.45) is 0 Å². The Kier molecular flexibility index (Phi) is 5.35. The topological polar surface area (TPSA) is 87.2 Å². The highest BCUT2D eigenvalue weighted by Crippen LogP contribution is 2.29. The molecule has 1 saturated heterocycles. The van der Waals surface area contributed by atoms with Crippen molar-refractivity contribution in [3.8, 4) is 0 Å². The zero-order chi connectivity index (χ0) is 15.3. The van der Waals surface area contributed by atoms with Crippen molar-refractivity contribution in [1.82, 2.24) is 9.80 Å². The Bertz CT molecular complexity index is 398. The van der Waals surface area contributed by atoms with Crippen molar-refractivity contribution in [3.63, 3.8) is 0 Å². The molecule has 1 aliphatic heterocycles. The third kappa shape index (κ3) is 3.40. The molecule has 114 valence electrons. The van der Waals surface area contributed by atoms with Crippen LogP contribution in [0, 0.1) is 0 Å². The van der Waals surface area contributed by atoms with E-state index in [1.54, 1.807) is 14.0 Å². The Hall–Kier alpha value is -1.79. The van der Waals surface area contributed by atoms with E-state index in [-0.39, 0.29) is 19.0 Å². The lowest BCUT2D eigenvalue weighted by Crippen LogP contribution is -2.60. The number of hydrogen-bond acceptors (Lipinski definition) is 4.